The molecule has 1 amide bonds. The molecule has 2 atom stereocenters. The van der Waals surface area contributed by atoms with Crippen molar-refractivity contribution in [2.75, 3.05) is 0 Å². The van der Waals surface area contributed by atoms with Crippen molar-refractivity contribution < 1.29 is 19.8 Å². The fraction of sp³-hybridized carbons (Fsp3) is 0.167. The van der Waals surface area contributed by atoms with E-state index in [2.05, 4.69) is 5.32 Å². The van der Waals surface area contributed by atoms with Crippen LogP contribution in [0.4, 0.5) is 0 Å². The van der Waals surface area contributed by atoms with Crippen LogP contribution in [-0.4, -0.2) is 28.1 Å². The minimum absolute atomic E-state index is 0.110. The maximum atomic E-state index is 12.8. The van der Waals surface area contributed by atoms with Crippen LogP contribution in [0.3, 0.4) is 0 Å². The van der Waals surface area contributed by atoms with E-state index in [9.17, 15) is 19.8 Å². The van der Waals surface area contributed by atoms with Crippen LogP contribution in [-0.2, 0) is 9.59 Å². The van der Waals surface area contributed by atoms with Crippen molar-refractivity contribution in [3.63, 3.8) is 0 Å². The molecule has 29 heavy (non-hydrogen) atoms. The van der Waals surface area contributed by atoms with Gasteiger partial charge in [-0.25, -0.2) is 4.79 Å². The van der Waals surface area contributed by atoms with Gasteiger partial charge in [0.15, 0.2) is 6.04 Å². The Morgan fingerprint density at radius 3 is 1.90 bits per heavy atom. The molecule has 0 saturated carbocycles. The van der Waals surface area contributed by atoms with Gasteiger partial charge in [-0.2, -0.15) is 0 Å². The summed E-state index contributed by atoms with van der Waals surface area (Å²) in [6.07, 6.45) is -1.22. The van der Waals surface area contributed by atoms with Crippen molar-refractivity contribution in [1.82, 2.24) is 5.32 Å². The summed E-state index contributed by atoms with van der Waals surface area (Å²) in [4.78, 5) is 24.5. The highest BCUT2D eigenvalue weighted by Gasteiger charge is 2.33. The first-order chi connectivity index (χ1) is 14.1. The zero-order valence-corrected chi connectivity index (χ0v) is 15.7. The van der Waals surface area contributed by atoms with Gasteiger partial charge in [-0.15, -0.1) is 0 Å². The van der Waals surface area contributed by atoms with Crippen molar-refractivity contribution in [2.45, 2.75) is 24.5 Å². The van der Waals surface area contributed by atoms with Gasteiger partial charge in [-0.3, -0.25) is 4.79 Å². The van der Waals surface area contributed by atoms with E-state index in [1.807, 2.05) is 48.5 Å². The van der Waals surface area contributed by atoms with E-state index < -0.39 is 24.0 Å². The van der Waals surface area contributed by atoms with Crippen molar-refractivity contribution in [2.24, 2.45) is 0 Å². The van der Waals surface area contributed by atoms with Gasteiger partial charge in [0.2, 0.25) is 5.91 Å². The number of aliphatic hydroxyl groups excluding tert-OH is 1. The number of aliphatic hydroxyl groups is 1. The Kier molecular flexibility index (Phi) is 5.14. The van der Waals surface area contributed by atoms with Crippen molar-refractivity contribution in [3.05, 3.63) is 95.6 Å². The summed E-state index contributed by atoms with van der Waals surface area (Å²) in [6, 6.07) is 22.9. The van der Waals surface area contributed by atoms with E-state index in [4.69, 9.17) is 0 Å². The van der Waals surface area contributed by atoms with Gasteiger partial charge >= 0.3 is 5.97 Å². The lowest BCUT2D eigenvalue weighted by Gasteiger charge is -2.22. The highest BCUT2D eigenvalue weighted by Crippen LogP contribution is 2.46. The number of nitrogens with one attached hydrogen (secondary N) is 1. The first-order valence-electron chi connectivity index (χ1n) is 9.49. The van der Waals surface area contributed by atoms with E-state index in [1.54, 1.807) is 30.3 Å². The van der Waals surface area contributed by atoms with E-state index in [0.29, 0.717) is 5.56 Å². The van der Waals surface area contributed by atoms with Crippen molar-refractivity contribution in [1.29, 1.82) is 0 Å². The number of hydrogen-bond donors (Lipinski definition) is 3. The molecule has 0 bridgehead atoms. The second kappa shape index (κ2) is 7.89. The fourth-order valence-electron chi connectivity index (χ4n) is 4.02. The Morgan fingerprint density at radius 1 is 0.828 bits per heavy atom. The lowest BCUT2D eigenvalue weighted by atomic mass is 9.93. The van der Waals surface area contributed by atoms with Crippen LogP contribution in [0.1, 0.15) is 35.1 Å². The quantitative estimate of drug-likeness (QED) is 0.604. The van der Waals surface area contributed by atoms with Crippen LogP contribution < -0.4 is 5.32 Å². The van der Waals surface area contributed by atoms with E-state index in [1.165, 1.54) is 0 Å². The zero-order valence-electron chi connectivity index (χ0n) is 15.7. The molecular weight excluding hydrogens is 366 g/mol. The first-order valence-corrected chi connectivity index (χ1v) is 9.49. The number of rotatable bonds is 6. The van der Waals surface area contributed by atoms with Crippen LogP contribution in [0.25, 0.3) is 11.1 Å². The Morgan fingerprint density at radius 2 is 1.34 bits per heavy atom. The molecule has 3 N–H and O–H groups in total. The normalized spacial score (nSPS) is 14.5. The molecule has 0 heterocycles. The smallest absolute Gasteiger partial charge is 0.329 e. The van der Waals surface area contributed by atoms with Gasteiger partial charge in [0.1, 0.15) is 6.10 Å². The Labute approximate surface area is 168 Å². The molecule has 5 nitrogen and oxygen atoms in total. The Hall–Kier alpha value is -3.44. The lowest BCUT2D eigenvalue weighted by molar-refractivity contribution is -0.145. The summed E-state index contributed by atoms with van der Waals surface area (Å²) in [5.74, 6) is -1.84. The molecule has 0 unspecified atom stereocenters. The van der Waals surface area contributed by atoms with Crippen LogP contribution in [0.2, 0.25) is 0 Å². The number of benzene rings is 3. The number of fused-ring (bicyclic) bond motifs is 3. The molecule has 3 aromatic rings. The van der Waals surface area contributed by atoms with Crippen molar-refractivity contribution in [3.8, 4) is 11.1 Å². The second-order valence-electron chi connectivity index (χ2n) is 7.17. The van der Waals surface area contributed by atoms with Crippen LogP contribution in [0.5, 0.6) is 0 Å². The second-order valence-corrected chi connectivity index (χ2v) is 7.17. The number of aliphatic carboxylic acids is 1. The lowest BCUT2D eigenvalue weighted by Crippen LogP contribution is -2.45. The molecule has 4 rings (SSSR count). The molecule has 5 heteroatoms. The molecule has 1 aliphatic carbocycles. The minimum Gasteiger partial charge on any atom is -0.480 e. The topological polar surface area (TPSA) is 86.6 Å². The average Bonchev–Trinajstić information content (AvgIpc) is 3.06. The number of carbonyl (C=O) groups is 2. The highest BCUT2D eigenvalue weighted by molar-refractivity contribution is 5.87. The summed E-state index contributed by atoms with van der Waals surface area (Å²) >= 11 is 0. The Balaban J connectivity index is 1.55. The Bertz CT molecular complexity index is 1000. The molecule has 0 spiro atoms. The number of carboxylic acids is 1. The molecule has 3 aromatic carbocycles. The summed E-state index contributed by atoms with van der Waals surface area (Å²) in [5, 5.41) is 22.6. The molecule has 0 aromatic heterocycles. The molecule has 0 saturated heterocycles. The van der Waals surface area contributed by atoms with Crippen molar-refractivity contribution >= 4 is 11.9 Å². The predicted molar refractivity (Wildman–Crippen MR) is 109 cm³/mol. The maximum Gasteiger partial charge on any atom is 0.329 e. The third-order valence-corrected chi connectivity index (χ3v) is 5.39. The van der Waals surface area contributed by atoms with Gasteiger partial charge in [0.25, 0.3) is 0 Å². The maximum absolute atomic E-state index is 12.8. The number of carbonyl (C=O) groups excluding carboxylic acids is 1. The van der Waals surface area contributed by atoms with Gasteiger partial charge < -0.3 is 15.5 Å². The van der Waals surface area contributed by atoms with E-state index in [-0.39, 0.29) is 12.3 Å². The fourth-order valence-corrected chi connectivity index (χ4v) is 4.02. The third-order valence-electron chi connectivity index (χ3n) is 5.39. The SMILES string of the molecule is O=C(CC1c2ccccc2-c2ccccc21)N[C@@H](C(=O)O)[C@@H](O)c1ccccc1. The van der Waals surface area contributed by atoms with E-state index in [0.717, 1.165) is 22.3 Å². The summed E-state index contributed by atoms with van der Waals surface area (Å²) in [7, 11) is 0. The number of amides is 1. The van der Waals surface area contributed by atoms with Crippen LogP contribution >= 0.6 is 0 Å². The average molecular weight is 387 g/mol. The number of hydrogen-bond acceptors (Lipinski definition) is 3. The van der Waals surface area contributed by atoms with E-state index >= 15 is 0 Å². The number of carboxylic acid groups (broad SMARTS) is 1. The van der Waals surface area contributed by atoms with Gasteiger partial charge in [0.05, 0.1) is 0 Å². The van der Waals surface area contributed by atoms with Gasteiger partial charge in [-0.1, -0.05) is 78.9 Å². The minimum atomic E-state index is -1.42. The molecule has 146 valence electrons. The monoisotopic (exact) mass is 387 g/mol. The molecule has 0 radical (unpaired) electrons. The molecule has 0 aliphatic heterocycles. The van der Waals surface area contributed by atoms with Gasteiger partial charge in [0, 0.05) is 12.3 Å². The zero-order chi connectivity index (χ0) is 20.4. The molecular formula is C24H21NO4. The summed E-state index contributed by atoms with van der Waals surface area (Å²) < 4.78 is 0. The standard InChI is InChI=1S/C24H21NO4/c26-21(25-22(24(28)29)23(27)15-8-2-1-3-9-15)14-20-18-12-6-4-10-16(18)17-11-5-7-13-19(17)20/h1-13,20,22-23,27H,14H2,(H,25,26)(H,28,29)/t22-,23+/m1/s1. The predicted octanol–water partition coefficient (Wildman–Crippen LogP) is 3.49. The third kappa shape index (κ3) is 3.65. The molecule has 1 aliphatic rings. The summed E-state index contributed by atoms with van der Waals surface area (Å²) in [5.41, 5.74) is 4.75. The largest absolute Gasteiger partial charge is 0.480 e. The van der Waals surface area contributed by atoms with Gasteiger partial charge in [-0.05, 0) is 27.8 Å². The summed E-state index contributed by atoms with van der Waals surface area (Å²) in [6.45, 7) is 0. The highest BCUT2D eigenvalue weighted by atomic mass is 16.4. The first kappa shape index (κ1) is 18.9. The van der Waals surface area contributed by atoms with Crippen LogP contribution in [0, 0.1) is 0 Å². The van der Waals surface area contributed by atoms with Crippen LogP contribution in [0.15, 0.2) is 78.9 Å². The molecule has 0 fully saturated rings.